The Hall–Kier alpha value is -1.80. The van der Waals surface area contributed by atoms with E-state index in [1.54, 1.807) is 0 Å². The summed E-state index contributed by atoms with van der Waals surface area (Å²) in [7, 11) is 0. The lowest BCUT2D eigenvalue weighted by Gasteiger charge is -2.03. The summed E-state index contributed by atoms with van der Waals surface area (Å²) in [5.74, 6) is -0.576. The zero-order valence-electron chi connectivity index (χ0n) is 9.87. The highest BCUT2D eigenvalue weighted by Crippen LogP contribution is 2.36. The second-order valence-corrected chi connectivity index (χ2v) is 4.51. The van der Waals surface area contributed by atoms with Crippen LogP contribution in [0.2, 0.25) is 5.15 Å². The third-order valence-corrected chi connectivity index (χ3v) is 3.08. The highest BCUT2D eigenvalue weighted by Gasteiger charge is 2.40. The number of nitrogens with zero attached hydrogens (tertiary/aromatic N) is 3. The molecule has 1 heterocycles. The minimum Gasteiger partial charge on any atom is -0.410 e. The zero-order chi connectivity index (χ0) is 15.8. The number of hydrogen-bond acceptors (Lipinski definition) is 3. The van der Waals surface area contributed by atoms with E-state index >= 15 is 0 Å². The van der Waals surface area contributed by atoms with E-state index in [-0.39, 0.29) is 5.69 Å². The normalized spacial score (nSPS) is 12.8. The third kappa shape index (κ3) is 2.96. The molecule has 112 valence electrons. The number of hydrogen-bond donors (Lipinski definition) is 1. The number of oxime groups is 1. The molecule has 0 aliphatic rings. The molecule has 1 aromatic heterocycles. The molecule has 0 aliphatic heterocycles. The van der Waals surface area contributed by atoms with Gasteiger partial charge in [-0.1, -0.05) is 28.4 Å². The van der Waals surface area contributed by atoms with Crippen molar-refractivity contribution >= 4 is 28.4 Å². The van der Waals surface area contributed by atoms with Gasteiger partial charge in [0.1, 0.15) is 11.0 Å². The molecule has 2 aromatic rings. The maximum atomic E-state index is 12.9. The Labute approximate surface area is 125 Å². The molecule has 0 atom stereocenters. The van der Waals surface area contributed by atoms with Crippen molar-refractivity contribution < 1.29 is 22.8 Å². The van der Waals surface area contributed by atoms with Gasteiger partial charge in [0.25, 0.3) is 0 Å². The van der Waals surface area contributed by atoms with Crippen LogP contribution in [0.3, 0.4) is 0 Å². The third-order valence-electron chi connectivity index (χ3n) is 2.46. The first-order valence-corrected chi connectivity index (χ1v) is 6.01. The standard InChI is InChI=1S/C11H5Cl2F4N3O/c12-9(19-21)7-8(11(15,16)17)18-20(10(7)13)6-3-1-5(14)2-4-6/h1-4,21H/b19-9-. The number of rotatable bonds is 2. The Kier molecular flexibility index (Phi) is 4.11. The first-order chi connectivity index (χ1) is 9.75. The van der Waals surface area contributed by atoms with Crippen LogP contribution in [0.25, 0.3) is 5.69 Å². The molecule has 1 N–H and O–H groups in total. The van der Waals surface area contributed by atoms with Crippen LogP contribution < -0.4 is 0 Å². The van der Waals surface area contributed by atoms with Crippen LogP contribution in [0, 0.1) is 5.82 Å². The van der Waals surface area contributed by atoms with Gasteiger partial charge in [0.05, 0.1) is 11.3 Å². The molecule has 0 unspecified atom stereocenters. The molecule has 0 radical (unpaired) electrons. The summed E-state index contributed by atoms with van der Waals surface area (Å²) in [6.07, 6.45) is -4.87. The molecule has 0 saturated heterocycles. The molecule has 0 amide bonds. The number of aromatic nitrogens is 2. The lowest BCUT2D eigenvalue weighted by Crippen LogP contribution is -2.11. The van der Waals surface area contributed by atoms with Crippen LogP contribution in [0.1, 0.15) is 11.3 Å². The van der Waals surface area contributed by atoms with E-state index in [1.165, 1.54) is 12.1 Å². The fourth-order valence-corrected chi connectivity index (χ4v) is 2.12. The monoisotopic (exact) mass is 341 g/mol. The van der Waals surface area contributed by atoms with E-state index in [0.717, 1.165) is 12.1 Å². The minimum absolute atomic E-state index is 0.0838. The average Bonchev–Trinajstić information content (AvgIpc) is 2.76. The summed E-state index contributed by atoms with van der Waals surface area (Å²) in [5.41, 5.74) is -2.10. The molecule has 10 heteroatoms. The summed E-state index contributed by atoms with van der Waals surface area (Å²) in [5, 5.41) is 13.0. The highest BCUT2D eigenvalue weighted by molar-refractivity contribution is 6.70. The van der Waals surface area contributed by atoms with E-state index in [1.807, 2.05) is 0 Å². The quantitative estimate of drug-likeness (QED) is 0.387. The molecule has 0 fully saturated rings. The summed E-state index contributed by atoms with van der Waals surface area (Å²) in [4.78, 5) is 0. The molecular weight excluding hydrogens is 337 g/mol. The van der Waals surface area contributed by atoms with Gasteiger partial charge >= 0.3 is 6.18 Å². The van der Waals surface area contributed by atoms with Crippen molar-refractivity contribution in [1.29, 1.82) is 0 Å². The Morgan fingerprint density at radius 1 is 1.24 bits per heavy atom. The second-order valence-electron chi connectivity index (χ2n) is 3.79. The topological polar surface area (TPSA) is 50.4 Å². The summed E-state index contributed by atoms with van der Waals surface area (Å²) in [6.45, 7) is 0. The van der Waals surface area contributed by atoms with Crippen molar-refractivity contribution in [2.75, 3.05) is 0 Å². The van der Waals surface area contributed by atoms with Gasteiger partial charge in [-0.25, -0.2) is 9.07 Å². The predicted molar refractivity (Wildman–Crippen MR) is 67.7 cm³/mol. The van der Waals surface area contributed by atoms with Crippen LogP contribution in [0.5, 0.6) is 0 Å². The maximum Gasteiger partial charge on any atom is 0.435 e. The molecule has 1 aromatic carbocycles. The van der Waals surface area contributed by atoms with E-state index in [0.29, 0.717) is 4.68 Å². The Morgan fingerprint density at radius 3 is 2.29 bits per heavy atom. The summed E-state index contributed by atoms with van der Waals surface area (Å²) >= 11 is 11.2. The van der Waals surface area contributed by atoms with Gasteiger partial charge in [0, 0.05) is 0 Å². The largest absolute Gasteiger partial charge is 0.435 e. The second kappa shape index (κ2) is 5.53. The predicted octanol–water partition coefficient (Wildman–Crippen LogP) is 4.06. The Balaban J connectivity index is 2.70. The van der Waals surface area contributed by atoms with Crippen LogP contribution in [-0.2, 0) is 6.18 Å². The van der Waals surface area contributed by atoms with Gasteiger partial charge < -0.3 is 5.21 Å². The Bertz CT molecular complexity index is 695. The van der Waals surface area contributed by atoms with Crippen molar-refractivity contribution in [1.82, 2.24) is 9.78 Å². The molecule has 0 bridgehead atoms. The van der Waals surface area contributed by atoms with Crippen LogP contribution in [0.15, 0.2) is 29.4 Å². The zero-order valence-corrected chi connectivity index (χ0v) is 11.4. The number of benzene rings is 1. The SMILES string of the molecule is O/N=C(\Cl)c1c(C(F)(F)F)nn(-c2ccc(F)cc2)c1Cl. The van der Waals surface area contributed by atoms with Gasteiger partial charge in [0.2, 0.25) is 0 Å². The fourth-order valence-electron chi connectivity index (χ4n) is 1.58. The van der Waals surface area contributed by atoms with Crippen LogP contribution in [0.4, 0.5) is 17.6 Å². The maximum absolute atomic E-state index is 12.9. The average molecular weight is 342 g/mol. The molecule has 0 saturated carbocycles. The highest BCUT2D eigenvalue weighted by atomic mass is 35.5. The lowest BCUT2D eigenvalue weighted by atomic mass is 10.2. The van der Waals surface area contributed by atoms with Crippen molar-refractivity contribution in [3.8, 4) is 5.69 Å². The lowest BCUT2D eigenvalue weighted by molar-refractivity contribution is -0.141. The van der Waals surface area contributed by atoms with E-state index in [9.17, 15) is 17.6 Å². The molecule has 0 spiro atoms. The first-order valence-electron chi connectivity index (χ1n) is 5.25. The van der Waals surface area contributed by atoms with E-state index in [4.69, 9.17) is 28.4 Å². The van der Waals surface area contributed by atoms with Crippen molar-refractivity contribution in [3.63, 3.8) is 0 Å². The van der Waals surface area contributed by atoms with Crippen molar-refractivity contribution in [3.05, 3.63) is 46.5 Å². The van der Waals surface area contributed by atoms with E-state index < -0.39 is 33.6 Å². The van der Waals surface area contributed by atoms with Crippen molar-refractivity contribution in [2.24, 2.45) is 5.16 Å². The van der Waals surface area contributed by atoms with Crippen molar-refractivity contribution in [2.45, 2.75) is 6.18 Å². The molecular formula is C11H5Cl2F4N3O. The molecule has 0 aliphatic carbocycles. The fraction of sp³-hybridized carbons (Fsp3) is 0.0909. The number of alkyl halides is 3. The van der Waals surface area contributed by atoms with Gasteiger partial charge in [-0.2, -0.15) is 18.3 Å². The number of halogens is 6. The van der Waals surface area contributed by atoms with Crippen LogP contribution >= 0.6 is 23.2 Å². The van der Waals surface area contributed by atoms with E-state index in [2.05, 4.69) is 10.3 Å². The smallest absolute Gasteiger partial charge is 0.410 e. The van der Waals surface area contributed by atoms with Crippen LogP contribution in [-0.4, -0.2) is 20.2 Å². The summed E-state index contributed by atoms with van der Waals surface area (Å²) in [6, 6.07) is 4.42. The molecule has 2 rings (SSSR count). The van der Waals surface area contributed by atoms with Gasteiger partial charge in [-0.05, 0) is 24.3 Å². The van der Waals surface area contributed by atoms with Gasteiger partial charge in [-0.15, -0.1) is 0 Å². The van der Waals surface area contributed by atoms with Gasteiger partial charge in [-0.3, -0.25) is 0 Å². The van der Waals surface area contributed by atoms with Gasteiger partial charge in [0.15, 0.2) is 10.9 Å². The molecule has 4 nitrogen and oxygen atoms in total. The minimum atomic E-state index is -4.87. The summed E-state index contributed by atoms with van der Waals surface area (Å²) < 4.78 is 52.3. The first kappa shape index (κ1) is 15.6. The molecule has 21 heavy (non-hydrogen) atoms. The Morgan fingerprint density at radius 2 is 1.81 bits per heavy atom.